The molecule has 1 aromatic carbocycles. The van der Waals surface area contributed by atoms with E-state index in [0.29, 0.717) is 16.6 Å². The Balaban J connectivity index is 3.56. The molecule has 0 heterocycles. The molecule has 0 bridgehead atoms. The monoisotopic (exact) mass is 237 g/mol. The third-order valence-electron chi connectivity index (χ3n) is 2.55. The van der Waals surface area contributed by atoms with Crippen molar-refractivity contribution in [2.45, 2.75) is 39.5 Å². The van der Waals surface area contributed by atoms with E-state index in [1.165, 1.54) is 0 Å². The molecule has 0 fully saturated rings. The third-order valence-corrected chi connectivity index (χ3v) is 2.88. The lowest BCUT2D eigenvalue weighted by Gasteiger charge is -2.16. The van der Waals surface area contributed by atoms with Crippen LogP contribution in [0, 0.1) is 0 Å². The molecule has 1 aromatic rings. The van der Waals surface area contributed by atoms with Gasteiger partial charge in [0.05, 0.1) is 5.69 Å². The smallest absolute Gasteiger partial charge is 0.211 e. The fraction of sp³-hybridized carbons (Fsp3) is 0.462. The summed E-state index contributed by atoms with van der Waals surface area (Å²) >= 11 is 6.15. The number of hydrogen-bond donors (Lipinski definition) is 0. The first-order valence-corrected chi connectivity index (χ1v) is 5.77. The minimum Gasteiger partial charge on any atom is -0.211 e. The lowest BCUT2D eigenvalue weighted by molar-refractivity contribution is 0.565. The van der Waals surface area contributed by atoms with Gasteiger partial charge in [0.1, 0.15) is 0 Å². The average Bonchev–Trinajstić information content (AvgIpc) is 2.17. The summed E-state index contributed by atoms with van der Waals surface area (Å²) in [5.41, 5.74) is 2.65. The number of carbonyl (C=O) groups excluding carboxylic acids is 1. The van der Waals surface area contributed by atoms with Gasteiger partial charge < -0.3 is 0 Å². The van der Waals surface area contributed by atoms with Crippen molar-refractivity contribution in [3.05, 3.63) is 28.3 Å². The van der Waals surface area contributed by atoms with E-state index < -0.39 is 0 Å². The van der Waals surface area contributed by atoms with Crippen LogP contribution in [-0.2, 0) is 4.79 Å². The number of isocyanates is 1. The fourth-order valence-electron chi connectivity index (χ4n) is 1.79. The number of nitrogens with zero attached hydrogens (tertiary/aromatic N) is 1. The van der Waals surface area contributed by atoms with Crippen molar-refractivity contribution in [2.24, 2.45) is 4.99 Å². The number of benzene rings is 1. The van der Waals surface area contributed by atoms with Gasteiger partial charge in [-0.2, -0.15) is 4.99 Å². The van der Waals surface area contributed by atoms with Gasteiger partial charge in [-0.1, -0.05) is 45.4 Å². The van der Waals surface area contributed by atoms with Crippen molar-refractivity contribution in [3.8, 4) is 0 Å². The lowest BCUT2D eigenvalue weighted by atomic mass is 9.93. The fourth-order valence-corrected chi connectivity index (χ4v) is 2.16. The van der Waals surface area contributed by atoms with E-state index in [-0.39, 0.29) is 5.92 Å². The topological polar surface area (TPSA) is 29.4 Å². The Kier molecular flexibility index (Phi) is 4.28. The minimum absolute atomic E-state index is 0.235. The van der Waals surface area contributed by atoms with Crippen molar-refractivity contribution in [2.75, 3.05) is 0 Å². The maximum Gasteiger partial charge on any atom is 0.240 e. The molecule has 0 atom stereocenters. The molecule has 3 heteroatoms. The molecule has 1 rings (SSSR count). The van der Waals surface area contributed by atoms with Crippen LogP contribution < -0.4 is 0 Å². The SMILES string of the molecule is CC(C)c1ccc(Cl)c(C(C)C)c1N=C=O. The molecule has 0 aliphatic rings. The van der Waals surface area contributed by atoms with Gasteiger partial charge in [0.25, 0.3) is 0 Å². The molecular formula is C13H16ClNO. The molecule has 0 N–H and O–H groups in total. The quantitative estimate of drug-likeness (QED) is 0.560. The van der Waals surface area contributed by atoms with Crippen LogP contribution >= 0.6 is 11.6 Å². The van der Waals surface area contributed by atoms with E-state index >= 15 is 0 Å². The van der Waals surface area contributed by atoms with E-state index in [2.05, 4.69) is 18.8 Å². The third kappa shape index (κ3) is 2.52. The normalized spacial score (nSPS) is 10.7. The van der Waals surface area contributed by atoms with E-state index in [9.17, 15) is 4.79 Å². The first kappa shape index (κ1) is 13.0. The van der Waals surface area contributed by atoms with Crippen LogP contribution in [0.2, 0.25) is 5.02 Å². The minimum atomic E-state index is 0.235. The van der Waals surface area contributed by atoms with Crippen LogP contribution in [0.3, 0.4) is 0 Å². The van der Waals surface area contributed by atoms with E-state index in [0.717, 1.165) is 11.1 Å². The summed E-state index contributed by atoms with van der Waals surface area (Å²) in [5.74, 6) is 0.542. The summed E-state index contributed by atoms with van der Waals surface area (Å²) in [6.45, 7) is 8.21. The summed E-state index contributed by atoms with van der Waals surface area (Å²) in [5, 5.41) is 0.661. The zero-order chi connectivity index (χ0) is 12.3. The first-order valence-electron chi connectivity index (χ1n) is 5.39. The Morgan fingerprint density at radius 3 is 2.25 bits per heavy atom. The summed E-state index contributed by atoms with van der Waals surface area (Å²) in [4.78, 5) is 14.3. The number of halogens is 1. The molecule has 0 aromatic heterocycles. The highest BCUT2D eigenvalue weighted by molar-refractivity contribution is 6.31. The van der Waals surface area contributed by atoms with Crippen molar-refractivity contribution in [1.82, 2.24) is 0 Å². The molecule has 0 saturated carbocycles. The van der Waals surface area contributed by atoms with Gasteiger partial charge in [0, 0.05) is 10.6 Å². The van der Waals surface area contributed by atoms with Gasteiger partial charge in [0.15, 0.2) is 0 Å². The molecule has 0 unspecified atom stereocenters. The van der Waals surface area contributed by atoms with Crippen LogP contribution in [0.1, 0.15) is 50.7 Å². The van der Waals surface area contributed by atoms with Crippen LogP contribution in [0.5, 0.6) is 0 Å². The molecule has 0 radical (unpaired) electrons. The number of aliphatic imine (C=N–C) groups is 1. The molecule has 0 spiro atoms. The number of hydrogen-bond acceptors (Lipinski definition) is 2. The van der Waals surface area contributed by atoms with Gasteiger partial charge in [-0.25, -0.2) is 4.79 Å². The first-order chi connectivity index (χ1) is 7.49. The van der Waals surface area contributed by atoms with Crippen LogP contribution in [-0.4, -0.2) is 6.08 Å². The molecular weight excluding hydrogens is 222 g/mol. The highest BCUT2D eigenvalue weighted by atomic mass is 35.5. The highest BCUT2D eigenvalue weighted by Crippen LogP contribution is 2.38. The van der Waals surface area contributed by atoms with Gasteiger partial charge in [-0.3, -0.25) is 0 Å². The Hall–Kier alpha value is -1.11. The predicted octanol–water partition coefficient (Wildman–Crippen LogP) is 4.55. The molecule has 0 aliphatic carbocycles. The Bertz CT molecular complexity index is 432. The summed E-state index contributed by atoms with van der Waals surface area (Å²) in [6.07, 6.45) is 1.62. The van der Waals surface area contributed by atoms with Gasteiger partial charge >= 0.3 is 0 Å². The van der Waals surface area contributed by atoms with Gasteiger partial charge in [0.2, 0.25) is 6.08 Å². The van der Waals surface area contributed by atoms with Gasteiger partial charge in [-0.15, -0.1) is 0 Å². The molecule has 0 aliphatic heterocycles. The largest absolute Gasteiger partial charge is 0.240 e. The molecule has 86 valence electrons. The van der Waals surface area contributed by atoms with E-state index in [1.807, 2.05) is 26.0 Å². The van der Waals surface area contributed by atoms with Crippen molar-refractivity contribution in [1.29, 1.82) is 0 Å². The van der Waals surface area contributed by atoms with Crippen molar-refractivity contribution in [3.63, 3.8) is 0 Å². The number of rotatable bonds is 3. The van der Waals surface area contributed by atoms with Crippen LogP contribution in [0.15, 0.2) is 17.1 Å². The van der Waals surface area contributed by atoms with Crippen LogP contribution in [0.4, 0.5) is 5.69 Å². The predicted molar refractivity (Wildman–Crippen MR) is 67.4 cm³/mol. The van der Waals surface area contributed by atoms with E-state index in [1.54, 1.807) is 6.08 Å². The summed E-state index contributed by atoms with van der Waals surface area (Å²) in [6, 6.07) is 3.80. The average molecular weight is 238 g/mol. The summed E-state index contributed by atoms with van der Waals surface area (Å²) in [7, 11) is 0. The Labute approximate surface area is 101 Å². The lowest BCUT2D eigenvalue weighted by Crippen LogP contribution is -1.96. The maximum absolute atomic E-state index is 10.5. The molecule has 0 amide bonds. The molecule has 2 nitrogen and oxygen atoms in total. The zero-order valence-electron chi connectivity index (χ0n) is 10.0. The van der Waals surface area contributed by atoms with Gasteiger partial charge in [-0.05, 0) is 23.5 Å². The zero-order valence-corrected chi connectivity index (χ0v) is 10.8. The second-order valence-electron chi connectivity index (χ2n) is 4.41. The second-order valence-corrected chi connectivity index (χ2v) is 4.82. The maximum atomic E-state index is 10.5. The molecule has 0 saturated heterocycles. The second kappa shape index (κ2) is 5.29. The van der Waals surface area contributed by atoms with E-state index in [4.69, 9.17) is 11.6 Å². The van der Waals surface area contributed by atoms with Crippen molar-refractivity contribution < 1.29 is 4.79 Å². The Morgan fingerprint density at radius 2 is 1.81 bits per heavy atom. The summed E-state index contributed by atoms with van der Waals surface area (Å²) < 4.78 is 0. The molecule has 16 heavy (non-hydrogen) atoms. The Morgan fingerprint density at radius 1 is 1.19 bits per heavy atom. The van der Waals surface area contributed by atoms with Crippen LogP contribution in [0.25, 0.3) is 0 Å². The van der Waals surface area contributed by atoms with Crippen molar-refractivity contribution >= 4 is 23.4 Å². The highest BCUT2D eigenvalue weighted by Gasteiger charge is 2.16. The standard InChI is InChI=1S/C13H16ClNO/c1-8(2)10-5-6-11(14)12(9(3)4)13(10)15-7-16/h5-6,8-9H,1-4H3.